The van der Waals surface area contributed by atoms with Crippen molar-refractivity contribution < 1.29 is 25.2 Å². The van der Waals surface area contributed by atoms with E-state index in [1.54, 1.807) is 5.38 Å². The Labute approximate surface area is 182 Å². The molecule has 9 nitrogen and oxygen atoms in total. The second kappa shape index (κ2) is 10.0. The van der Waals surface area contributed by atoms with E-state index in [9.17, 15) is 25.2 Å². The predicted molar refractivity (Wildman–Crippen MR) is 119 cm³/mol. The molecule has 31 heavy (non-hydrogen) atoms. The second-order valence-corrected chi connectivity index (χ2v) is 7.78. The highest BCUT2D eigenvalue weighted by Gasteiger charge is 2.24. The van der Waals surface area contributed by atoms with Crippen LogP contribution in [0.2, 0.25) is 0 Å². The number of phenols is 4. The topological polar surface area (TPSA) is 161 Å². The molecule has 0 radical (unpaired) electrons. The zero-order valence-corrected chi connectivity index (χ0v) is 17.4. The zero-order valence-electron chi connectivity index (χ0n) is 16.6. The van der Waals surface area contributed by atoms with Crippen LogP contribution in [0.3, 0.4) is 0 Å². The standard InChI is InChI=1S/C21H24N4O5S/c22-21-24-13(11-31-21)10-15(26)25-16-19(29)17(27)14(18(28)20(16)30)7-9-23-8-6-12-4-2-1-3-5-12/h1-5,11,23,27-30H,6-10H2,(H2,22,24)(H,25,26). The Morgan fingerprint density at radius 1 is 0.968 bits per heavy atom. The number of carbonyl (C=O) groups is 1. The van der Waals surface area contributed by atoms with Gasteiger partial charge >= 0.3 is 0 Å². The molecule has 0 spiro atoms. The Bertz CT molecular complexity index is 1030. The van der Waals surface area contributed by atoms with Gasteiger partial charge in [0.05, 0.1) is 12.1 Å². The minimum Gasteiger partial charge on any atom is -0.504 e. The lowest BCUT2D eigenvalue weighted by molar-refractivity contribution is -0.115. The van der Waals surface area contributed by atoms with Crippen molar-refractivity contribution in [3.05, 3.63) is 52.5 Å². The number of amides is 1. The number of nitrogens with zero attached hydrogens (tertiary/aromatic N) is 1. The van der Waals surface area contributed by atoms with Crippen molar-refractivity contribution in [2.24, 2.45) is 0 Å². The molecule has 0 aliphatic carbocycles. The van der Waals surface area contributed by atoms with Crippen molar-refractivity contribution in [1.82, 2.24) is 10.3 Å². The number of nitrogen functional groups attached to an aromatic ring is 1. The second-order valence-electron chi connectivity index (χ2n) is 6.89. The molecule has 1 heterocycles. The molecule has 0 bridgehead atoms. The molecule has 164 valence electrons. The van der Waals surface area contributed by atoms with Crippen LogP contribution in [0.1, 0.15) is 16.8 Å². The minimum atomic E-state index is -0.722. The molecule has 0 saturated carbocycles. The molecule has 0 aliphatic rings. The molecule has 3 rings (SSSR count). The SMILES string of the molecule is Nc1nc(CC(=O)Nc2c(O)c(O)c(CCNCCc3ccccc3)c(O)c2O)cs1. The van der Waals surface area contributed by atoms with Crippen molar-refractivity contribution in [3.63, 3.8) is 0 Å². The number of benzene rings is 2. The Hall–Kier alpha value is -3.50. The molecule has 0 aliphatic heterocycles. The average Bonchev–Trinajstić information content (AvgIpc) is 3.17. The van der Waals surface area contributed by atoms with E-state index in [-0.39, 0.29) is 18.4 Å². The van der Waals surface area contributed by atoms with Crippen molar-refractivity contribution in [2.45, 2.75) is 19.3 Å². The van der Waals surface area contributed by atoms with E-state index >= 15 is 0 Å². The number of anilines is 2. The fraction of sp³-hybridized carbons (Fsp3) is 0.238. The van der Waals surface area contributed by atoms with Gasteiger partial charge in [-0.2, -0.15) is 0 Å². The normalized spacial score (nSPS) is 10.8. The van der Waals surface area contributed by atoms with E-state index in [0.717, 1.165) is 6.42 Å². The first kappa shape index (κ1) is 22.2. The Morgan fingerprint density at radius 2 is 1.61 bits per heavy atom. The number of rotatable bonds is 9. The van der Waals surface area contributed by atoms with Gasteiger partial charge in [-0.3, -0.25) is 4.79 Å². The van der Waals surface area contributed by atoms with Crippen LogP contribution in [-0.2, 0) is 24.1 Å². The number of carbonyl (C=O) groups excluding carboxylic acids is 1. The molecule has 2 aromatic carbocycles. The number of nitrogens with two attached hydrogens (primary N) is 1. The van der Waals surface area contributed by atoms with Gasteiger partial charge in [0, 0.05) is 10.9 Å². The van der Waals surface area contributed by atoms with Crippen LogP contribution in [-0.4, -0.2) is 44.4 Å². The van der Waals surface area contributed by atoms with E-state index in [2.05, 4.69) is 15.6 Å². The van der Waals surface area contributed by atoms with Gasteiger partial charge in [-0.25, -0.2) is 4.98 Å². The van der Waals surface area contributed by atoms with Crippen LogP contribution in [0.5, 0.6) is 23.0 Å². The summed E-state index contributed by atoms with van der Waals surface area (Å²) in [4.78, 5) is 16.1. The molecule has 3 aromatic rings. The maximum absolute atomic E-state index is 12.2. The van der Waals surface area contributed by atoms with Gasteiger partial charge in [0.2, 0.25) is 5.91 Å². The summed E-state index contributed by atoms with van der Waals surface area (Å²) in [6.45, 7) is 1.07. The zero-order chi connectivity index (χ0) is 22.4. The fourth-order valence-corrected chi connectivity index (χ4v) is 3.63. The molecular formula is C21H24N4O5S. The lowest BCUT2D eigenvalue weighted by atomic mass is 10.1. The molecule has 8 N–H and O–H groups in total. The average molecular weight is 445 g/mol. The molecule has 1 amide bonds. The third-order valence-corrected chi connectivity index (χ3v) is 5.38. The van der Waals surface area contributed by atoms with Crippen LogP contribution in [0, 0.1) is 0 Å². The van der Waals surface area contributed by atoms with Crippen LogP contribution in [0.15, 0.2) is 35.7 Å². The maximum atomic E-state index is 12.2. The summed E-state index contributed by atoms with van der Waals surface area (Å²) in [7, 11) is 0. The first-order valence-corrected chi connectivity index (χ1v) is 10.5. The highest BCUT2D eigenvalue weighted by atomic mass is 32.1. The monoisotopic (exact) mass is 444 g/mol. The van der Waals surface area contributed by atoms with Crippen LogP contribution >= 0.6 is 11.3 Å². The maximum Gasteiger partial charge on any atom is 0.230 e. The molecule has 10 heteroatoms. The van der Waals surface area contributed by atoms with Gasteiger partial charge in [-0.1, -0.05) is 30.3 Å². The number of thiazole rings is 1. The highest BCUT2D eigenvalue weighted by molar-refractivity contribution is 7.13. The number of aromatic nitrogens is 1. The number of hydrogen-bond donors (Lipinski definition) is 7. The summed E-state index contributed by atoms with van der Waals surface area (Å²) in [6, 6.07) is 9.91. The third-order valence-electron chi connectivity index (χ3n) is 4.65. The quantitative estimate of drug-likeness (QED) is 0.150. The fourth-order valence-electron chi connectivity index (χ4n) is 3.07. The van der Waals surface area contributed by atoms with Crippen LogP contribution in [0.25, 0.3) is 0 Å². The first-order chi connectivity index (χ1) is 14.9. The molecule has 0 saturated heterocycles. The number of aromatic hydroxyl groups is 4. The molecule has 1 aromatic heterocycles. The molecular weight excluding hydrogens is 420 g/mol. The van der Waals surface area contributed by atoms with Crippen molar-refractivity contribution >= 4 is 28.1 Å². The van der Waals surface area contributed by atoms with E-state index < -0.39 is 34.6 Å². The van der Waals surface area contributed by atoms with Gasteiger partial charge in [-0.05, 0) is 31.5 Å². The molecule has 0 atom stereocenters. The van der Waals surface area contributed by atoms with E-state index in [4.69, 9.17) is 5.73 Å². The van der Waals surface area contributed by atoms with Gasteiger partial charge in [0.1, 0.15) is 5.69 Å². The Balaban J connectivity index is 1.61. The largest absolute Gasteiger partial charge is 0.504 e. The Kier molecular flexibility index (Phi) is 7.16. The molecule has 0 fully saturated rings. The third kappa shape index (κ3) is 5.56. The van der Waals surface area contributed by atoms with Gasteiger partial charge in [0.15, 0.2) is 28.1 Å². The van der Waals surface area contributed by atoms with Gasteiger partial charge < -0.3 is 36.8 Å². The van der Waals surface area contributed by atoms with E-state index in [0.29, 0.717) is 23.9 Å². The summed E-state index contributed by atoms with van der Waals surface area (Å²) < 4.78 is 0. The highest BCUT2D eigenvalue weighted by Crippen LogP contribution is 2.50. The lowest BCUT2D eigenvalue weighted by Crippen LogP contribution is -2.20. The summed E-state index contributed by atoms with van der Waals surface area (Å²) in [6.07, 6.45) is 0.812. The van der Waals surface area contributed by atoms with Crippen molar-refractivity contribution in [3.8, 4) is 23.0 Å². The number of nitrogens with one attached hydrogen (secondary N) is 2. The van der Waals surface area contributed by atoms with Crippen molar-refractivity contribution in [2.75, 3.05) is 24.1 Å². The minimum absolute atomic E-state index is 0.0208. The summed E-state index contributed by atoms with van der Waals surface area (Å²) in [5.74, 6) is -3.26. The first-order valence-electron chi connectivity index (χ1n) is 9.59. The number of phenolic OH excluding ortho intramolecular Hbond substituents is 4. The van der Waals surface area contributed by atoms with Crippen LogP contribution in [0.4, 0.5) is 10.8 Å². The van der Waals surface area contributed by atoms with Gasteiger partial charge in [-0.15, -0.1) is 11.3 Å². The smallest absolute Gasteiger partial charge is 0.230 e. The summed E-state index contributed by atoms with van der Waals surface area (Å²) >= 11 is 1.18. The summed E-state index contributed by atoms with van der Waals surface area (Å²) in [5.41, 5.74) is 6.63. The summed E-state index contributed by atoms with van der Waals surface area (Å²) in [5, 5.41) is 48.5. The molecule has 0 unspecified atom stereocenters. The van der Waals surface area contributed by atoms with Crippen molar-refractivity contribution in [1.29, 1.82) is 0 Å². The Morgan fingerprint density at radius 3 is 2.23 bits per heavy atom. The van der Waals surface area contributed by atoms with Gasteiger partial charge in [0.25, 0.3) is 0 Å². The van der Waals surface area contributed by atoms with Crippen LogP contribution < -0.4 is 16.4 Å². The lowest BCUT2D eigenvalue weighted by Gasteiger charge is -2.16. The predicted octanol–water partition coefficient (Wildman–Crippen LogP) is 2.10. The number of hydrogen-bond acceptors (Lipinski definition) is 9. The van der Waals surface area contributed by atoms with E-state index in [1.807, 2.05) is 30.3 Å². The van der Waals surface area contributed by atoms with E-state index in [1.165, 1.54) is 16.9 Å².